The lowest BCUT2D eigenvalue weighted by atomic mass is 9.79. The highest BCUT2D eigenvalue weighted by molar-refractivity contribution is 5.78. The molecule has 1 spiro atoms. The molecule has 18 heavy (non-hydrogen) atoms. The summed E-state index contributed by atoms with van der Waals surface area (Å²) in [6.07, 6.45) is 8.13. The SMILES string of the molecule is C=CCNC(=O)CN1CCNCC12CCCCC2. The van der Waals surface area contributed by atoms with Gasteiger partial charge in [-0.15, -0.1) is 6.58 Å². The predicted octanol–water partition coefficient (Wildman–Crippen LogP) is 0.897. The average molecular weight is 251 g/mol. The summed E-state index contributed by atoms with van der Waals surface area (Å²) in [5.74, 6) is 0.127. The molecule has 0 aromatic rings. The summed E-state index contributed by atoms with van der Waals surface area (Å²) in [4.78, 5) is 14.3. The Bertz CT molecular complexity index is 289. The minimum absolute atomic E-state index is 0.127. The second kappa shape index (κ2) is 6.34. The van der Waals surface area contributed by atoms with Crippen LogP contribution in [0.3, 0.4) is 0 Å². The van der Waals surface area contributed by atoms with Crippen LogP contribution in [0.5, 0.6) is 0 Å². The van der Waals surface area contributed by atoms with E-state index in [2.05, 4.69) is 22.1 Å². The molecule has 2 fully saturated rings. The molecule has 1 heterocycles. The number of hydrogen-bond donors (Lipinski definition) is 2. The van der Waals surface area contributed by atoms with Crippen molar-refractivity contribution in [3.05, 3.63) is 12.7 Å². The molecule has 1 saturated carbocycles. The Morgan fingerprint density at radius 3 is 2.89 bits per heavy atom. The fourth-order valence-corrected chi connectivity index (χ4v) is 3.25. The normalized spacial score (nSPS) is 23.8. The number of amides is 1. The topological polar surface area (TPSA) is 44.4 Å². The molecule has 4 heteroatoms. The van der Waals surface area contributed by atoms with Gasteiger partial charge in [-0.2, -0.15) is 0 Å². The van der Waals surface area contributed by atoms with E-state index in [4.69, 9.17) is 0 Å². The van der Waals surface area contributed by atoms with Gasteiger partial charge in [-0.25, -0.2) is 0 Å². The van der Waals surface area contributed by atoms with Crippen molar-refractivity contribution in [1.29, 1.82) is 0 Å². The first kappa shape index (κ1) is 13.6. The summed E-state index contributed by atoms with van der Waals surface area (Å²) in [5.41, 5.74) is 0.238. The lowest BCUT2D eigenvalue weighted by Gasteiger charge is -2.49. The highest BCUT2D eigenvalue weighted by Crippen LogP contribution is 2.34. The third-order valence-corrected chi connectivity index (χ3v) is 4.25. The molecule has 0 aromatic heterocycles. The molecule has 0 radical (unpaired) electrons. The smallest absolute Gasteiger partial charge is 0.234 e. The summed E-state index contributed by atoms with van der Waals surface area (Å²) in [6.45, 7) is 7.76. The molecule has 0 bridgehead atoms. The van der Waals surface area contributed by atoms with Crippen LogP contribution in [0.4, 0.5) is 0 Å². The lowest BCUT2D eigenvalue weighted by molar-refractivity contribution is -0.124. The maximum atomic E-state index is 11.9. The van der Waals surface area contributed by atoms with Crippen molar-refractivity contribution in [3.8, 4) is 0 Å². The van der Waals surface area contributed by atoms with Gasteiger partial charge in [-0.05, 0) is 12.8 Å². The molecule has 4 nitrogen and oxygen atoms in total. The largest absolute Gasteiger partial charge is 0.352 e. The fraction of sp³-hybridized carbons (Fsp3) is 0.786. The molecule has 2 rings (SSSR count). The Morgan fingerprint density at radius 2 is 2.17 bits per heavy atom. The van der Waals surface area contributed by atoms with Crippen molar-refractivity contribution in [2.24, 2.45) is 0 Å². The van der Waals surface area contributed by atoms with E-state index in [9.17, 15) is 4.79 Å². The minimum Gasteiger partial charge on any atom is -0.352 e. The van der Waals surface area contributed by atoms with Gasteiger partial charge in [0.05, 0.1) is 6.54 Å². The van der Waals surface area contributed by atoms with Gasteiger partial charge in [0.25, 0.3) is 0 Å². The first-order valence-corrected chi connectivity index (χ1v) is 7.10. The van der Waals surface area contributed by atoms with Crippen molar-refractivity contribution < 1.29 is 4.79 Å². The molecule has 1 amide bonds. The predicted molar refractivity (Wildman–Crippen MR) is 73.5 cm³/mol. The number of piperazine rings is 1. The van der Waals surface area contributed by atoms with Crippen LogP contribution in [0.15, 0.2) is 12.7 Å². The van der Waals surface area contributed by atoms with E-state index in [0.29, 0.717) is 13.1 Å². The van der Waals surface area contributed by atoms with Crippen LogP contribution < -0.4 is 10.6 Å². The van der Waals surface area contributed by atoms with Crippen molar-refractivity contribution in [2.75, 3.05) is 32.7 Å². The zero-order valence-electron chi connectivity index (χ0n) is 11.2. The summed E-state index contributed by atoms with van der Waals surface area (Å²) in [6, 6.07) is 0. The Kier molecular flexibility index (Phi) is 4.78. The van der Waals surface area contributed by atoms with Crippen molar-refractivity contribution >= 4 is 5.91 Å². The summed E-state index contributed by atoms with van der Waals surface area (Å²) in [5, 5.41) is 6.38. The Labute approximate surface area is 110 Å². The van der Waals surface area contributed by atoms with E-state index >= 15 is 0 Å². The molecule has 2 aliphatic rings. The van der Waals surface area contributed by atoms with E-state index in [1.54, 1.807) is 6.08 Å². The van der Waals surface area contributed by atoms with E-state index in [-0.39, 0.29) is 11.4 Å². The number of carbonyl (C=O) groups excluding carboxylic acids is 1. The molecular formula is C14H25N3O. The molecule has 0 atom stereocenters. The maximum absolute atomic E-state index is 11.9. The lowest BCUT2D eigenvalue weighted by Crippen LogP contribution is -2.63. The second-order valence-electron chi connectivity index (χ2n) is 5.48. The number of rotatable bonds is 4. The molecule has 2 N–H and O–H groups in total. The second-order valence-corrected chi connectivity index (χ2v) is 5.48. The minimum atomic E-state index is 0.127. The molecular weight excluding hydrogens is 226 g/mol. The average Bonchev–Trinajstić information content (AvgIpc) is 2.40. The Morgan fingerprint density at radius 1 is 1.39 bits per heavy atom. The number of nitrogens with zero attached hydrogens (tertiary/aromatic N) is 1. The van der Waals surface area contributed by atoms with Crippen LogP contribution in [-0.2, 0) is 4.79 Å². The number of carbonyl (C=O) groups is 1. The zero-order valence-corrected chi connectivity index (χ0v) is 11.2. The molecule has 0 aromatic carbocycles. The van der Waals surface area contributed by atoms with E-state index in [1.807, 2.05) is 0 Å². The van der Waals surface area contributed by atoms with Gasteiger partial charge in [0.2, 0.25) is 5.91 Å². The first-order chi connectivity index (χ1) is 8.77. The van der Waals surface area contributed by atoms with Crippen molar-refractivity contribution in [2.45, 2.75) is 37.6 Å². The van der Waals surface area contributed by atoms with Crippen LogP contribution in [0.2, 0.25) is 0 Å². The maximum Gasteiger partial charge on any atom is 0.234 e. The van der Waals surface area contributed by atoms with Gasteiger partial charge < -0.3 is 10.6 Å². The standard InChI is InChI=1S/C14H25N3O/c1-2-8-16-13(18)11-17-10-9-15-12-14(17)6-4-3-5-7-14/h2,15H,1,3-12H2,(H,16,18). The molecule has 1 aliphatic carbocycles. The van der Waals surface area contributed by atoms with Gasteiger partial charge >= 0.3 is 0 Å². The number of hydrogen-bond acceptors (Lipinski definition) is 3. The van der Waals surface area contributed by atoms with Crippen LogP contribution in [-0.4, -0.2) is 49.1 Å². The zero-order chi connectivity index (χ0) is 12.8. The van der Waals surface area contributed by atoms with Gasteiger partial charge in [-0.3, -0.25) is 9.69 Å². The fourth-order valence-electron chi connectivity index (χ4n) is 3.25. The van der Waals surface area contributed by atoms with Crippen LogP contribution in [0.1, 0.15) is 32.1 Å². The third kappa shape index (κ3) is 3.12. The van der Waals surface area contributed by atoms with E-state index in [0.717, 1.165) is 19.6 Å². The van der Waals surface area contributed by atoms with E-state index < -0.39 is 0 Å². The molecule has 1 aliphatic heterocycles. The van der Waals surface area contributed by atoms with Gasteiger partial charge in [-0.1, -0.05) is 25.3 Å². The number of nitrogens with one attached hydrogen (secondary N) is 2. The molecule has 102 valence electrons. The summed E-state index contributed by atoms with van der Waals surface area (Å²) < 4.78 is 0. The first-order valence-electron chi connectivity index (χ1n) is 7.10. The summed E-state index contributed by atoms with van der Waals surface area (Å²) >= 11 is 0. The van der Waals surface area contributed by atoms with Gasteiger partial charge in [0.15, 0.2) is 0 Å². The van der Waals surface area contributed by atoms with Crippen molar-refractivity contribution in [3.63, 3.8) is 0 Å². The molecule has 1 saturated heterocycles. The third-order valence-electron chi connectivity index (χ3n) is 4.25. The quantitative estimate of drug-likeness (QED) is 0.730. The van der Waals surface area contributed by atoms with Crippen molar-refractivity contribution in [1.82, 2.24) is 15.5 Å². The Hall–Kier alpha value is -0.870. The van der Waals surface area contributed by atoms with Gasteiger partial charge in [0.1, 0.15) is 0 Å². The molecule has 0 unspecified atom stereocenters. The monoisotopic (exact) mass is 251 g/mol. The van der Waals surface area contributed by atoms with Crippen LogP contribution in [0.25, 0.3) is 0 Å². The van der Waals surface area contributed by atoms with Gasteiger partial charge in [0, 0.05) is 31.7 Å². The highest BCUT2D eigenvalue weighted by atomic mass is 16.2. The van der Waals surface area contributed by atoms with Crippen LogP contribution in [0, 0.1) is 0 Å². The summed E-state index contributed by atoms with van der Waals surface area (Å²) in [7, 11) is 0. The Balaban J connectivity index is 1.94. The highest BCUT2D eigenvalue weighted by Gasteiger charge is 2.40. The van der Waals surface area contributed by atoms with Crippen LogP contribution >= 0.6 is 0 Å². The van der Waals surface area contributed by atoms with E-state index in [1.165, 1.54) is 32.1 Å².